The molecule has 0 unspecified atom stereocenters. The molecule has 8 nitrogen and oxygen atoms in total. The number of nitrogens with zero attached hydrogens (tertiary/aromatic N) is 2. The van der Waals surface area contributed by atoms with E-state index in [2.05, 4.69) is 20.8 Å². The van der Waals surface area contributed by atoms with Crippen molar-refractivity contribution in [3.05, 3.63) is 87.0 Å². The average Bonchev–Trinajstić information content (AvgIpc) is 3.56. The summed E-state index contributed by atoms with van der Waals surface area (Å²) in [6.07, 6.45) is 2.73. The standard InChI is InChI=1S/C27H26FN5O3S/c1-2-21(31-25(34)16-7-8-22-18(11-16)14-30-32-22)27(36)33-10-9-23-19(15-33)12-24(37-23)26(35)29-13-17-5-3-4-6-20(17)28/h3-8,11-12,14,21H,2,9-10,13,15H2,1H3,(H,29,35)(H,30,32)(H,31,34)/t21-/m1/s1. The fraction of sp³-hybridized carbons (Fsp3) is 0.259. The van der Waals surface area contributed by atoms with Crippen molar-refractivity contribution in [2.45, 2.75) is 38.9 Å². The van der Waals surface area contributed by atoms with Crippen LogP contribution in [-0.2, 0) is 24.3 Å². The van der Waals surface area contributed by atoms with E-state index in [1.54, 1.807) is 53.6 Å². The average molecular weight is 520 g/mol. The minimum atomic E-state index is -0.656. The number of aromatic nitrogens is 2. The summed E-state index contributed by atoms with van der Waals surface area (Å²) in [6, 6.07) is 12.7. The van der Waals surface area contributed by atoms with Crippen molar-refractivity contribution < 1.29 is 18.8 Å². The van der Waals surface area contributed by atoms with Crippen LogP contribution in [0.5, 0.6) is 0 Å². The molecule has 3 heterocycles. The number of rotatable bonds is 7. The van der Waals surface area contributed by atoms with Crippen LogP contribution >= 0.6 is 11.3 Å². The van der Waals surface area contributed by atoms with Gasteiger partial charge in [-0.3, -0.25) is 19.5 Å². The number of carbonyl (C=O) groups is 3. The van der Waals surface area contributed by atoms with Crippen LogP contribution in [0.2, 0.25) is 0 Å². The Labute approximate surface area is 216 Å². The molecule has 0 spiro atoms. The molecule has 1 atom stereocenters. The number of amides is 3. The number of carbonyl (C=O) groups excluding carboxylic acids is 3. The Bertz CT molecular complexity index is 1480. The normalized spacial score (nSPS) is 13.7. The maximum atomic E-state index is 13.8. The van der Waals surface area contributed by atoms with Crippen LogP contribution in [0, 0.1) is 5.82 Å². The van der Waals surface area contributed by atoms with Crippen LogP contribution in [0.25, 0.3) is 10.9 Å². The molecule has 0 radical (unpaired) electrons. The van der Waals surface area contributed by atoms with E-state index >= 15 is 0 Å². The largest absolute Gasteiger partial charge is 0.347 e. The Morgan fingerprint density at radius 1 is 1.16 bits per heavy atom. The number of hydrogen-bond acceptors (Lipinski definition) is 5. The van der Waals surface area contributed by atoms with Crippen LogP contribution in [0.4, 0.5) is 4.39 Å². The SMILES string of the molecule is CC[C@@H](NC(=O)c1ccc2[nH]ncc2c1)C(=O)N1CCc2sc(C(=O)NCc3ccccc3F)cc2C1. The summed E-state index contributed by atoms with van der Waals surface area (Å²) in [7, 11) is 0. The second-order valence-electron chi connectivity index (χ2n) is 8.95. The van der Waals surface area contributed by atoms with E-state index in [0.29, 0.717) is 41.9 Å². The topological polar surface area (TPSA) is 107 Å². The number of thiophene rings is 1. The molecule has 0 fully saturated rings. The number of aromatic amines is 1. The van der Waals surface area contributed by atoms with Gasteiger partial charge in [-0.25, -0.2) is 4.39 Å². The Kier molecular flexibility index (Phi) is 7.00. The minimum absolute atomic E-state index is 0.101. The fourth-order valence-corrected chi connectivity index (χ4v) is 5.50. The molecule has 2 aromatic heterocycles. The first-order chi connectivity index (χ1) is 17.9. The van der Waals surface area contributed by atoms with E-state index < -0.39 is 6.04 Å². The number of H-pyrrole nitrogens is 1. The highest BCUT2D eigenvalue weighted by Crippen LogP contribution is 2.29. The molecule has 10 heteroatoms. The lowest BCUT2D eigenvalue weighted by atomic mass is 10.1. The summed E-state index contributed by atoms with van der Waals surface area (Å²) in [5, 5.41) is 13.3. The van der Waals surface area contributed by atoms with Gasteiger partial charge in [-0.05, 0) is 48.7 Å². The highest BCUT2D eigenvalue weighted by molar-refractivity contribution is 7.14. The van der Waals surface area contributed by atoms with Gasteiger partial charge in [-0.2, -0.15) is 5.10 Å². The molecule has 3 N–H and O–H groups in total. The van der Waals surface area contributed by atoms with Crippen molar-refractivity contribution in [1.82, 2.24) is 25.7 Å². The Morgan fingerprint density at radius 2 is 2.00 bits per heavy atom. The van der Waals surface area contributed by atoms with E-state index in [0.717, 1.165) is 21.3 Å². The van der Waals surface area contributed by atoms with Gasteiger partial charge in [-0.1, -0.05) is 25.1 Å². The van der Waals surface area contributed by atoms with E-state index in [1.807, 2.05) is 6.92 Å². The Morgan fingerprint density at radius 3 is 2.81 bits per heavy atom. The smallest absolute Gasteiger partial charge is 0.261 e. The second kappa shape index (κ2) is 10.5. The molecule has 1 aliphatic rings. The minimum Gasteiger partial charge on any atom is -0.347 e. The highest BCUT2D eigenvalue weighted by atomic mass is 32.1. The third-order valence-electron chi connectivity index (χ3n) is 6.51. The van der Waals surface area contributed by atoms with Crippen LogP contribution in [-0.4, -0.2) is 45.4 Å². The first kappa shape index (κ1) is 24.6. The molecule has 0 saturated carbocycles. The molecule has 0 saturated heterocycles. The van der Waals surface area contributed by atoms with Crippen molar-refractivity contribution in [3.63, 3.8) is 0 Å². The third-order valence-corrected chi connectivity index (χ3v) is 7.75. The van der Waals surface area contributed by atoms with E-state index in [1.165, 1.54) is 17.4 Å². The number of nitrogens with one attached hydrogen (secondary N) is 3. The zero-order valence-corrected chi connectivity index (χ0v) is 21.0. The zero-order valence-electron chi connectivity index (χ0n) is 20.2. The van der Waals surface area contributed by atoms with Gasteiger partial charge in [0, 0.05) is 41.0 Å². The lowest BCUT2D eigenvalue weighted by Gasteiger charge is -2.30. The lowest BCUT2D eigenvalue weighted by molar-refractivity contribution is -0.134. The molecule has 2 aromatic carbocycles. The van der Waals surface area contributed by atoms with Gasteiger partial charge in [0.2, 0.25) is 5.91 Å². The van der Waals surface area contributed by atoms with Crippen LogP contribution in [0.15, 0.2) is 54.7 Å². The van der Waals surface area contributed by atoms with E-state index in [4.69, 9.17) is 0 Å². The number of fused-ring (bicyclic) bond motifs is 2. The summed E-state index contributed by atoms with van der Waals surface area (Å²) < 4.78 is 13.8. The number of benzene rings is 2. The van der Waals surface area contributed by atoms with Crippen molar-refractivity contribution in [2.75, 3.05) is 6.54 Å². The molecule has 4 aromatic rings. The molecule has 5 rings (SSSR count). The fourth-order valence-electron chi connectivity index (χ4n) is 4.42. The van der Waals surface area contributed by atoms with Crippen LogP contribution in [0.3, 0.4) is 0 Å². The maximum Gasteiger partial charge on any atom is 0.261 e. The van der Waals surface area contributed by atoms with Gasteiger partial charge < -0.3 is 15.5 Å². The van der Waals surface area contributed by atoms with Crippen molar-refractivity contribution in [2.24, 2.45) is 0 Å². The van der Waals surface area contributed by atoms with Crippen LogP contribution in [0.1, 0.15) is 49.4 Å². The summed E-state index contributed by atoms with van der Waals surface area (Å²) in [6.45, 7) is 2.85. The van der Waals surface area contributed by atoms with E-state index in [-0.39, 0.29) is 30.1 Å². The van der Waals surface area contributed by atoms with Crippen LogP contribution < -0.4 is 10.6 Å². The molecular weight excluding hydrogens is 493 g/mol. The summed E-state index contributed by atoms with van der Waals surface area (Å²) in [5.74, 6) is -1.09. The van der Waals surface area contributed by atoms with Crippen molar-refractivity contribution >= 4 is 40.0 Å². The predicted octanol–water partition coefficient (Wildman–Crippen LogP) is 3.79. The molecule has 1 aliphatic heterocycles. The summed E-state index contributed by atoms with van der Waals surface area (Å²) in [5.41, 5.74) is 2.64. The van der Waals surface area contributed by atoms with Gasteiger partial charge in [0.1, 0.15) is 11.9 Å². The monoisotopic (exact) mass is 519 g/mol. The first-order valence-corrected chi connectivity index (χ1v) is 12.9. The predicted molar refractivity (Wildman–Crippen MR) is 139 cm³/mol. The lowest BCUT2D eigenvalue weighted by Crippen LogP contribution is -2.49. The van der Waals surface area contributed by atoms with Crippen molar-refractivity contribution in [3.8, 4) is 0 Å². The van der Waals surface area contributed by atoms with Gasteiger partial charge in [0.25, 0.3) is 11.8 Å². The van der Waals surface area contributed by atoms with Gasteiger partial charge >= 0.3 is 0 Å². The first-order valence-electron chi connectivity index (χ1n) is 12.1. The molecular formula is C27H26FN5O3S. The molecule has 0 aliphatic carbocycles. The Balaban J connectivity index is 1.21. The molecule has 0 bridgehead atoms. The van der Waals surface area contributed by atoms with Gasteiger partial charge in [0.05, 0.1) is 16.6 Å². The quantitative estimate of drug-likeness (QED) is 0.345. The maximum absolute atomic E-state index is 13.8. The molecule has 37 heavy (non-hydrogen) atoms. The number of hydrogen-bond donors (Lipinski definition) is 3. The van der Waals surface area contributed by atoms with Gasteiger partial charge in [-0.15, -0.1) is 11.3 Å². The molecule has 3 amide bonds. The molecule has 190 valence electrons. The zero-order chi connectivity index (χ0) is 25.9. The Hall–Kier alpha value is -4.05. The number of halogens is 1. The second-order valence-corrected chi connectivity index (χ2v) is 10.1. The van der Waals surface area contributed by atoms with E-state index in [9.17, 15) is 18.8 Å². The third kappa shape index (κ3) is 5.24. The summed E-state index contributed by atoms with van der Waals surface area (Å²) >= 11 is 1.40. The highest BCUT2D eigenvalue weighted by Gasteiger charge is 2.29. The van der Waals surface area contributed by atoms with Gasteiger partial charge in [0.15, 0.2) is 0 Å². The summed E-state index contributed by atoms with van der Waals surface area (Å²) in [4.78, 5) is 42.1. The van der Waals surface area contributed by atoms with Crippen molar-refractivity contribution in [1.29, 1.82) is 0 Å².